The van der Waals surface area contributed by atoms with E-state index in [9.17, 15) is 0 Å². The van der Waals surface area contributed by atoms with Gasteiger partial charge >= 0.3 is 0 Å². The summed E-state index contributed by atoms with van der Waals surface area (Å²) in [7, 11) is 2.26. The minimum Gasteiger partial charge on any atom is -0.0890 e. The molecule has 0 aliphatic carbocycles. The topological polar surface area (TPSA) is 0 Å². The standard InChI is InChI=1S/C2H4S3/c3-5-2-1-4-5/h1-2H2. The molecule has 1 heterocycles. The van der Waals surface area contributed by atoms with E-state index in [1.165, 1.54) is 11.5 Å². The highest BCUT2D eigenvalue weighted by molar-refractivity contribution is 8.85. The molecule has 0 bridgehead atoms. The molecule has 0 radical (unpaired) electrons. The lowest BCUT2D eigenvalue weighted by Gasteiger charge is -2.10. The summed E-state index contributed by atoms with van der Waals surface area (Å²) in [5, 5.41) is 0. The monoisotopic (exact) mass is 124 g/mol. The summed E-state index contributed by atoms with van der Waals surface area (Å²) < 4.78 is 0. The van der Waals surface area contributed by atoms with E-state index in [0.29, 0.717) is 8.49 Å². The molecule has 0 aromatic rings. The van der Waals surface area contributed by atoms with Crippen LogP contribution >= 0.6 is 10.8 Å². The second kappa shape index (κ2) is 1.58. The minimum atomic E-state index is 0.358. The summed E-state index contributed by atoms with van der Waals surface area (Å²) in [5.74, 6) is 2.60. The third kappa shape index (κ3) is 0.876. The van der Waals surface area contributed by atoms with Crippen molar-refractivity contribution in [1.82, 2.24) is 0 Å². The minimum absolute atomic E-state index is 0.358. The summed E-state index contributed by atoms with van der Waals surface area (Å²) in [5.41, 5.74) is 0. The van der Waals surface area contributed by atoms with Crippen LogP contribution in [0.4, 0.5) is 0 Å². The van der Waals surface area contributed by atoms with E-state index in [2.05, 4.69) is 0 Å². The highest BCUT2D eigenvalue weighted by Gasteiger charge is 2.04. The summed E-state index contributed by atoms with van der Waals surface area (Å²) in [6, 6.07) is 0. The molecule has 5 heavy (non-hydrogen) atoms. The smallest absolute Gasteiger partial charge is 0.0176 e. The molecule has 1 fully saturated rings. The lowest BCUT2D eigenvalue weighted by atomic mass is 11.0. The zero-order chi connectivity index (χ0) is 3.70. The molecule has 1 saturated heterocycles. The summed E-state index contributed by atoms with van der Waals surface area (Å²) in [6.07, 6.45) is 0. The Balaban J connectivity index is 2.32. The quantitative estimate of drug-likeness (QED) is 0.437. The predicted molar refractivity (Wildman–Crippen MR) is 32.1 cm³/mol. The van der Waals surface area contributed by atoms with Gasteiger partial charge in [-0.1, -0.05) is 19.3 Å². The van der Waals surface area contributed by atoms with Gasteiger partial charge in [-0.2, -0.15) is 0 Å². The third-order valence-corrected chi connectivity index (χ3v) is 5.05. The van der Waals surface area contributed by atoms with Crippen molar-refractivity contribution in [2.75, 3.05) is 11.5 Å². The van der Waals surface area contributed by atoms with Gasteiger partial charge in [0.05, 0.1) is 0 Å². The van der Waals surface area contributed by atoms with E-state index in [0.717, 1.165) is 0 Å². The average Bonchev–Trinajstić information content (AvgIpc) is 1.30. The van der Waals surface area contributed by atoms with E-state index >= 15 is 0 Å². The van der Waals surface area contributed by atoms with Crippen molar-refractivity contribution >= 4 is 30.5 Å². The van der Waals surface area contributed by atoms with Crippen LogP contribution in [-0.2, 0) is 19.7 Å². The van der Waals surface area contributed by atoms with Crippen LogP contribution in [0.3, 0.4) is 0 Å². The van der Waals surface area contributed by atoms with Crippen LogP contribution in [-0.4, -0.2) is 11.5 Å². The van der Waals surface area contributed by atoms with Crippen molar-refractivity contribution in [3.63, 3.8) is 0 Å². The first kappa shape index (κ1) is 4.09. The van der Waals surface area contributed by atoms with Gasteiger partial charge in [-0.3, -0.25) is 0 Å². The maximum atomic E-state index is 4.86. The Morgan fingerprint density at radius 3 is 2.20 bits per heavy atom. The highest BCUT2D eigenvalue weighted by Crippen LogP contribution is 2.18. The zero-order valence-corrected chi connectivity index (χ0v) is 5.09. The van der Waals surface area contributed by atoms with Crippen LogP contribution in [0.5, 0.6) is 0 Å². The highest BCUT2D eigenvalue weighted by atomic mass is 33.3. The van der Waals surface area contributed by atoms with Crippen molar-refractivity contribution in [2.24, 2.45) is 0 Å². The van der Waals surface area contributed by atoms with Gasteiger partial charge in [-0.15, -0.1) is 0 Å². The van der Waals surface area contributed by atoms with E-state index < -0.39 is 0 Å². The van der Waals surface area contributed by atoms with Gasteiger partial charge in [-0.05, 0) is 11.2 Å². The SMILES string of the molecule is S=S1CCS1. The molecule has 1 unspecified atom stereocenters. The molecule has 0 nitrogen and oxygen atoms in total. The van der Waals surface area contributed by atoms with Crippen LogP contribution in [0.25, 0.3) is 0 Å². The molecule has 0 saturated carbocycles. The van der Waals surface area contributed by atoms with Gasteiger partial charge in [0.2, 0.25) is 0 Å². The Bertz CT molecular complexity index is 51.9. The molecule has 0 amide bonds. The molecule has 1 rings (SSSR count). The van der Waals surface area contributed by atoms with Crippen molar-refractivity contribution in [3.05, 3.63) is 0 Å². The van der Waals surface area contributed by atoms with Gasteiger partial charge in [0.1, 0.15) is 0 Å². The third-order valence-electron chi connectivity index (χ3n) is 0.465. The van der Waals surface area contributed by atoms with Gasteiger partial charge in [0.25, 0.3) is 0 Å². The van der Waals surface area contributed by atoms with Crippen LogP contribution in [0, 0.1) is 0 Å². The normalized spacial score (nSPS) is 36.4. The van der Waals surface area contributed by atoms with Crippen LogP contribution in [0.2, 0.25) is 0 Å². The van der Waals surface area contributed by atoms with E-state index in [1.54, 1.807) is 0 Å². The maximum absolute atomic E-state index is 4.86. The van der Waals surface area contributed by atoms with Crippen molar-refractivity contribution in [1.29, 1.82) is 0 Å². The van der Waals surface area contributed by atoms with Crippen molar-refractivity contribution in [2.45, 2.75) is 0 Å². The van der Waals surface area contributed by atoms with Crippen molar-refractivity contribution < 1.29 is 0 Å². The first-order valence-corrected chi connectivity index (χ1v) is 5.23. The van der Waals surface area contributed by atoms with E-state index in [1.807, 2.05) is 10.8 Å². The Morgan fingerprint density at radius 2 is 2.20 bits per heavy atom. The fourth-order valence-electron chi connectivity index (χ4n) is 0.151. The molecular formula is C2H4S3. The fraction of sp³-hybridized carbons (Fsp3) is 1.00. The molecule has 0 aromatic carbocycles. The first-order chi connectivity index (χ1) is 2.39. The van der Waals surface area contributed by atoms with E-state index in [-0.39, 0.29) is 0 Å². The van der Waals surface area contributed by atoms with Crippen LogP contribution in [0.15, 0.2) is 0 Å². The lowest BCUT2D eigenvalue weighted by Crippen LogP contribution is -2.05. The van der Waals surface area contributed by atoms with Crippen LogP contribution < -0.4 is 0 Å². The number of hydrogen-bond acceptors (Lipinski definition) is 2. The van der Waals surface area contributed by atoms with Crippen molar-refractivity contribution in [3.8, 4) is 0 Å². The predicted octanol–water partition coefficient (Wildman–Crippen LogP) is 0.728. The molecule has 0 aromatic heterocycles. The molecule has 1 aliphatic rings. The molecule has 1 atom stereocenters. The summed E-state index contributed by atoms with van der Waals surface area (Å²) >= 11 is 4.86. The van der Waals surface area contributed by atoms with Gasteiger partial charge < -0.3 is 0 Å². The average molecular weight is 124 g/mol. The first-order valence-electron chi connectivity index (χ1n) is 1.41. The summed E-state index contributed by atoms with van der Waals surface area (Å²) in [6.45, 7) is 0. The molecule has 1 aliphatic heterocycles. The number of rotatable bonds is 0. The maximum Gasteiger partial charge on any atom is 0.0176 e. The van der Waals surface area contributed by atoms with Crippen LogP contribution in [0.1, 0.15) is 0 Å². The molecule has 30 valence electrons. The lowest BCUT2D eigenvalue weighted by molar-refractivity contribution is 1.55. The van der Waals surface area contributed by atoms with Gasteiger partial charge in [0, 0.05) is 11.5 Å². The Labute approximate surface area is 42.3 Å². The fourth-order valence-corrected chi connectivity index (χ4v) is 2.59. The largest absolute Gasteiger partial charge is 0.0890 e. The Morgan fingerprint density at radius 1 is 1.80 bits per heavy atom. The Kier molecular flexibility index (Phi) is 1.29. The molecule has 3 heteroatoms. The zero-order valence-electron chi connectivity index (χ0n) is 2.64. The summed E-state index contributed by atoms with van der Waals surface area (Å²) in [4.78, 5) is 0. The van der Waals surface area contributed by atoms with E-state index in [4.69, 9.17) is 11.2 Å². The molecular weight excluding hydrogens is 120 g/mol. The van der Waals surface area contributed by atoms with Gasteiger partial charge in [0.15, 0.2) is 0 Å². The number of hydrogen-bond donors (Lipinski definition) is 0. The van der Waals surface area contributed by atoms with Gasteiger partial charge in [-0.25, -0.2) is 0 Å². The molecule has 0 N–H and O–H groups in total. The second-order valence-corrected chi connectivity index (χ2v) is 6.24. The molecule has 0 spiro atoms. The second-order valence-electron chi connectivity index (χ2n) is 0.830. The Hall–Kier alpha value is 0.920.